The number of hydrogen-bond donors (Lipinski definition) is 15. The van der Waals surface area contributed by atoms with E-state index in [4.69, 9.17) is 47.4 Å². The van der Waals surface area contributed by atoms with Crippen molar-refractivity contribution in [2.75, 3.05) is 66.5 Å². The van der Waals surface area contributed by atoms with Crippen LogP contribution in [0.2, 0.25) is 0 Å². The summed E-state index contributed by atoms with van der Waals surface area (Å²) < 4.78 is 38.5. The number of carboxylic acids is 3. The number of aliphatic carboxylic acids is 3. The van der Waals surface area contributed by atoms with Gasteiger partial charge >= 0.3 is 37.5 Å². The maximum atomic E-state index is 14.2. The van der Waals surface area contributed by atoms with Crippen LogP contribution in [0.4, 0.5) is 0 Å². The molecule has 8 atom stereocenters. The number of nitrogens with zero attached hydrogens (tertiary/aromatic N) is 4. The van der Waals surface area contributed by atoms with Gasteiger partial charge in [0.25, 0.3) is 5.76 Å². The first-order chi connectivity index (χ1) is 47.3. The second-order valence-corrected chi connectivity index (χ2v) is 28.1. The fourth-order valence-corrected chi connectivity index (χ4v) is 11.9. The SMILES string of the molecule is CCCCCCCCCCCCCCCCOCC(OC(=O)CCC(=O)NC(CCC(=O)O)C(=O)NC(CCC(=O)O)C(=O)NC(CCSC)C(=O)NC(CCC(N)=O)C(=O)NC(CCCN=C(N)N)C(=O)NC(CCCN=C(N)N)C(=O)O)C1OC(=O)C(OP(=O)(N(C)C)N(C)C)=C1O. The first-order valence-electron chi connectivity index (χ1n) is 33.7. The highest BCUT2D eigenvalue weighted by Crippen LogP contribution is 2.53. The largest absolute Gasteiger partial charge is 0.505 e. The van der Waals surface area contributed by atoms with Gasteiger partial charge in [0.15, 0.2) is 23.8 Å². The minimum absolute atomic E-state index is 0.0232. The smallest absolute Gasteiger partial charge is 0.395 e. The molecule has 570 valence electrons. The van der Waals surface area contributed by atoms with Crippen LogP contribution >= 0.6 is 19.4 Å². The minimum atomic E-state index is -3.95. The number of carbonyl (C=O) groups excluding carboxylic acids is 9. The van der Waals surface area contributed by atoms with Gasteiger partial charge in [-0.15, -0.1) is 0 Å². The van der Waals surface area contributed by atoms with Crippen molar-refractivity contribution in [3.8, 4) is 0 Å². The van der Waals surface area contributed by atoms with Crippen LogP contribution in [0.25, 0.3) is 0 Å². The van der Waals surface area contributed by atoms with Gasteiger partial charge in [0.05, 0.1) is 13.0 Å². The lowest BCUT2D eigenvalue weighted by Crippen LogP contribution is -2.59. The Morgan fingerprint density at radius 3 is 1.36 bits per heavy atom. The number of primary amides is 1. The lowest BCUT2D eigenvalue weighted by molar-refractivity contribution is -0.167. The summed E-state index contributed by atoms with van der Waals surface area (Å²) in [7, 11) is 1.71. The van der Waals surface area contributed by atoms with E-state index in [2.05, 4.69) is 48.8 Å². The number of cyclic esters (lactones) is 1. The van der Waals surface area contributed by atoms with Gasteiger partial charge in [-0.05, 0) is 98.0 Å². The number of esters is 2. The fourth-order valence-electron chi connectivity index (χ4n) is 9.95. The number of aliphatic hydroxyl groups is 1. The monoisotopic (exact) mass is 1460 g/mol. The molecule has 0 aromatic heterocycles. The van der Waals surface area contributed by atoms with Crippen molar-refractivity contribution < 1.29 is 101 Å². The molecule has 7 amide bonds. The Bertz CT molecular complexity index is 2780. The third-order valence-electron chi connectivity index (χ3n) is 15.5. The first-order valence-corrected chi connectivity index (χ1v) is 36.6. The number of nitrogens with one attached hydrogen (secondary N) is 6. The van der Waals surface area contributed by atoms with Crippen LogP contribution in [-0.4, -0.2) is 228 Å². The van der Waals surface area contributed by atoms with Crippen LogP contribution in [-0.2, 0) is 80.8 Å². The van der Waals surface area contributed by atoms with E-state index in [9.17, 15) is 82.5 Å². The second-order valence-electron chi connectivity index (χ2n) is 24.3. The normalized spacial score (nSPS) is 15.0. The van der Waals surface area contributed by atoms with E-state index in [-0.39, 0.29) is 69.5 Å². The number of hydrogen-bond acceptors (Lipinski definition) is 21. The fraction of sp³-hybridized carbons (Fsp3) is 0.742. The highest BCUT2D eigenvalue weighted by atomic mass is 32.2. The molecule has 0 spiro atoms. The predicted molar refractivity (Wildman–Crippen MR) is 370 cm³/mol. The van der Waals surface area contributed by atoms with Gasteiger partial charge in [0.2, 0.25) is 47.5 Å². The Balaban J connectivity index is 3.43. The number of carboxylic acid groups (broad SMARTS) is 3. The molecule has 0 saturated carbocycles. The summed E-state index contributed by atoms with van der Waals surface area (Å²) >= 11 is 1.21. The highest BCUT2D eigenvalue weighted by molar-refractivity contribution is 7.98. The maximum absolute atomic E-state index is 14.2. The topological polar surface area (TPSA) is 573 Å². The number of unbranched alkanes of at least 4 members (excludes halogenated alkanes) is 13. The van der Waals surface area contributed by atoms with Gasteiger partial charge in [-0.3, -0.25) is 57.9 Å². The molecule has 20 N–H and O–H groups in total. The Kier molecular flexibility index (Phi) is 45.3. The van der Waals surface area contributed by atoms with Gasteiger partial charge in [-0.25, -0.2) is 23.5 Å². The van der Waals surface area contributed by atoms with E-state index in [0.717, 1.165) is 32.1 Å². The van der Waals surface area contributed by atoms with Crippen molar-refractivity contribution in [2.24, 2.45) is 38.7 Å². The Labute approximate surface area is 588 Å². The number of thioether (sulfide) groups is 1. The van der Waals surface area contributed by atoms with E-state index in [1.54, 1.807) is 6.26 Å². The van der Waals surface area contributed by atoms with Crippen LogP contribution in [0.15, 0.2) is 21.5 Å². The zero-order valence-corrected chi connectivity index (χ0v) is 60.2. The Morgan fingerprint density at radius 1 is 0.550 bits per heavy atom. The maximum Gasteiger partial charge on any atom is 0.395 e. The molecular formula is C62H110N15O21PS. The molecule has 0 saturated heterocycles. The van der Waals surface area contributed by atoms with Crippen molar-refractivity contribution in [3.05, 3.63) is 11.5 Å². The quantitative estimate of drug-likeness (QED) is 0.0133. The standard InChI is InChI=1S/C62H110N15O21PS/c1-7-8-9-10-11-12-13-14-15-16-17-18-19-20-36-95-38-45(52-51(85)53(60(93)97-52)98-99(94,76(2)3)77(4)5)96-50(84)32-29-47(79)70-40(26-30-48(80)81)55(87)73-42(27-31-49(82)83)57(89)74-43(33-37-100-6)58(90)72-41(25-28-46(63)78)56(88)71-39(23-21-34-68-61(64)65)54(86)75-44(59(91)92)24-22-35-69-62(66)67/h39-45,52,85H,7-38H2,1-6H3,(H2,63,78)(H,70,79)(H,71,88)(H,72,90)(H,73,87)(H,74,89)(H,75,86)(H,80,81)(H,82,83)(H,91,92)(H4,64,65,68)(H4,66,67,69). The molecule has 1 aliphatic rings. The number of rotatable bonds is 58. The summed E-state index contributed by atoms with van der Waals surface area (Å²) in [6.45, 7) is 1.92. The van der Waals surface area contributed by atoms with Gasteiger partial charge in [-0.2, -0.15) is 11.8 Å². The lowest BCUT2D eigenvalue weighted by atomic mass is 10.0. The van der Waals surface area contributed by atoms with Crippen molar-refractivity contribution in [2.45, 2.75) is 229 Å². The third kappa shape index (κ3) is 38.0. The molecule has 0 radical (unpaired) electrons. The summed E-state index contributed by atoms with van der Waals surface area (Å²) in [6, 6.07) is -9.83. The molecule has 0 bridgehead atoms. The summed E-state index contributed by atoms with van der Waals surface area (Å²) in [5.41, 5.74) is 27.0. The average molecular weight is 1460 g/mol. The van der Waals surface area contributed by atoms with E-state index in [1.165, 1.54) is 101 Å². The Hall–Kier alpha value is -8.02. The Morgan fingerprint density at radius 2 is 0.950 bits per heavy atom. The molecule has 38 heteroatoms. The van der Waals surface area contributed by atoms with Crippen LogP contribution < -0.4 is 60.6 Å². The predicted octanol–water partition coefficient (Wildman–Crippen LogP) is 0.968. The van der Waals surface area contributed by atoms with Crippen molar-refractivity contribution in [3.63, 3.8) is 0 Å². The van der Waals surface area contributed by atoms with E-state index < -0.39 is 197 Å². The number of ether oxygens (including phenoxy) is 3. The number of guanidine groups is 2. The molecule has 36 nitrogen and oxygen atoms in total. The number of aliphatic hydroxyl groups excluding tert-OH is 1. The summed E-state index contributed by atoms with van der Waals surface area (Å²) in [5.74, 6) is -16.1. The number of carbonyl (C=O) groups is 12. The molecule has 0 aliphatic carbocycles. The number of nitrogens with two attached hydrogens (primary N) is 5. The third-order valence-corrected chi connectivity index (χ3v) is 18.6. The van der Waals surface area contributed by atoms with Crippen LogP contribution in [0.3, 0.4) is 0 Å². The molecule has 0 aromatic carbocycles. The van der Waals surface area contributed by atoms with Crippen LogP contribution in [0.1, 0.15) is 180 Å². The zero-order chi connectivity index (χ0) is 75.3. The van der Waals surface area contributed by atoms with Crippen molar-refractivity contribution in [1.82, 2.24) is 41.2 Å². The molecule has 100 heavy (non-hydrogen) atoms. The molecule has 1 aliphatic heterocycles. The molecule has 0 aromatic rings. The number of aliphatic imine (C=N–C) groups is 2. The van der Waals surface area contributed by atoms with E-state index in [1.807, 2.05) is 0 Å². The van der Waals surface area contributed by atoms with Crippen molar-refractivity contribution >= 4 is 103 Å². The second kappa shape index (κ2) is 50.3. The van der Waals surface area contributed by atoms with E-state index in [0.29, 0.717) is 6.42 Å². The molecular weight excluding hydrogens is 1350 g/mol. The van der Waals surface area contributed by atoms with Gasteiger partial charge in [-0.1, -0.05) is 90.4 Å². The lowest BCUT2D eigenvalue weighted by Gasteiger charge is -2.29. The van der Waals surface area contributed by atoms with Gasteiger partial charge < -0.3 is 99.7 Å². The molecule has 0 fully saturated rings. The minimum Gasteiger partial charge on any atom is -0.505 e. The molecule has 1 heterocycles. The zero-order valence-electron chi connectivity index (χ0n) is 58.5. The summed E-state index contributed by atoms with van der Waals surface area (Å²) in [4.78, 5) is 166. The van der Waals surface area contributed by atoms with Crippen LogP contribution in [0, 0.1) is 0 Å². The van der Waals surface area contributed by atoms with Gasteiger partial charge in [0.1, 0.15) is 36.3 Å². The average Bonchev–Trinajstić information content (AvgIpc) is 1.63. The van der Waals surface area contributed by atoms with Crippen molar-refractivity contribution in [1.29, 1.82) is 0 Å². The van der Waals surface area contributed by atoms with E-state index >= 15 is 0 Å². The molecule has 1 rings (SSSR count). The molecule has 8 unspecified atom stereocenters. The summed E-state index contributed by atoms with van der Waals surface area (Å²) in [6.07, 6.45) is 8.46. The number of amides is 7. The van der Waals surface area contributed by atoms with Gasteiger partial charge in [0, 0.05) is 45.4 Å². The summed E-state index contributed by atoms with van der Waals surface area (Å²) in [5, 5.41) is 54.8. The van der Waals surface area contributed by atoms with Crippen LogP contribution in [0.5, 0.6) is 0 Å². The highest BCUT2D eigenvalue weighted by Gasteiger charge is 2.47. The first kappa shape index (κ1) is 90.0.